The molecule has 1 aliphatic heterocycles. The lowest BCUT2D eigenvalue weighted by Gasteiger charge is -2.12. The van der Waals surface area contributed by atoms with Gasteiger partial charge >= 0.3 is 0 Å². The van der Waals surface area contributed by atoms with E-state index in [1.165, 1.54) is 17.9 Å². The minimum absolute atomic E-state index is 0.678. The Hall–Kier alpha value is -1.01. The number of aromatic nitrogens is 2. The number of nitrogens with one attached hydrogen (secondary N) is 2. The molecular formula is C12H21N5S. The topological polar surface area (TPSA) is 75.9 Å². The Balaban J connectivity index is 1.98. The molecule has 2 rings (SSSR count). The van der Waals surface area contributed by atoms with E-state index in [0.717, 1.165) is 36.9 Å². The van der Waals surface area contributed by atoms with Gasteiger partial charge in [0.25, 0.3) is 0 Å². The Bertz CT molecular complexity index is 379. The van der Waals surface area contributed by atoms with E-state index in [-0.39, 0.29) is 0 Å². The molecule has 5 nitrogen and oxygen atoms in total. The molecule has 1 fully saturated rings. The van der Waals surface area contributed by atoms with Crippen molar-refractivity contribution < 1.29 is 0 Å². The van der Waals surface area contributed by atoms with Crippen molar-refractivity contribution in [2.75, 3.05) is 28.8 Å². The first-order chi connectivity index (χ1) is 8.81. The molecule has 4 N–H and O–H groups in total. The fourth-order valence-corrected chi connectivity index (χ4v) is 3.27. The molecule has 0 aromatic carbocycles. The molecule has 6 heteroatoms. The second kappa shape index (κ2) is 6.80. The minimum atomic E-state index is 0.678. The number of nitrogen functional groups attached to an aromatic ring is 1. The highest BCUT2D eigenvalue weighted by Crippen LogP contribution is 2.23. The monoisotopic (exact) mass is 267 g/mol. The smallest absolute Gasteiger partial charge is 0.145 e. The molecule has 0 spiro atoms. The van der Waals surface area contributed by atoms with Crippen molar-refractivity contribution in [3.8, 4) is 0 Å². The third-order valence-electron chi connectivity index (χ3n) is 2.99. The minimum Gasteiger partial charge on any atom is -0.370 e. The summed E-state index contributed by atoms with van der Waals surface area (Å²) in [4.78, 5) is 8.84. The second-order valence-corrected chi connectivity index (χ2v) is 5.71. The highest BCUT2D eigenvalue weighted by Gasteiger charge is 2.15. The zero-order valence-electron chi connectivity index (χ0n) is 10.8. The standard InChI is InChI=1S/C12H21N5S/c1-2-3-10-15-11(6-12(16-10)17-13)14-7-9-4-5-18-8-9/h6,9H,2-5,7-8,13H2,1H3,(H2,14,15,16,17). The third kappa shape index (κ3) is 3.74. The van der Waals surface area contributed by atoms with Crippen LogP contribution in [0, 0.1) is 5.92 Å². The van der Waals surface area contributed by atoms with Crippen LogP contribution in [0.1, 0.15) is 25.6 Å². The molecule has 18 heavy (non-hydrogen) atoms. The van der Waals surface area contributed by atoms with E-state index >= 15 is 0 Å². The first-order valence-corrected chi connectivity index (χ1v) is 7.63. The number of hydrogen-bond acceptors (Lipinski definition) is 6. The lowest BCUT2D eigenvalue weighted by atomic mass is 10.1. The maximum Gasteiger partial charge on any atom is 0.145 e. The molecule has 0 radical (unpaired) electrons. The van der Waals surface area contributed by atoms with E-state index in [9.17, 15) is 0 Å². The van der Waals surface area contributed by atoms with Crippen LogP contribution in [0.25, 0.3) is 0 Å². The van der Waals surface area contributed by atoms with Crippen molar-refractivity contribution in [3.05, 3.63) is 11.9 Å². The van der Waals surface area contributed by atoms with Gasteiger partial charge in [0.1, 0.15) is 17.5 Å². The molecule has 100 valence electrons. The van der Waals surface area contributed by atoms with Gasteiger partial charge in [0.05, 0.1) is 0 Å². The number of aryl methyl sites for hydroxylation is 1. The SMILES string of the molecule is CCCc1nc(NN)cc(NCC2CCSC2)n1. The summed E-state index contributed by atoms with van der Waals surface area (Å²) in [6, 6.07) is 1.86. The summed E-state index contributed by atoms with van der Waals surface area (Å²) in [5.41, 5.74) is 2.60. The normalized spacial score (nSPS) is 18.9. The maximum atomic E-state index is 5.43. The van der Waals surface area contributed by atoms with Gasteiger partial charge in [-0.1, -0.05) is 6.92 Å². The molecule has 1 aromatic heterocycles. The van der Waals surface area contributed by atoms with Crippen molar-refractivity contribution in [2.45, 2.75) is 26.2 Å². The summed E-state index contributed by atoms with van der Waals surface area (Å²) in [5, 5.41) is 3.40. The largest absolute Gasteiger partial charge is 0.370 e. The fourth-order valence-electron chi connectivity index (χ4n) is 1.99. The van der Waals surface area contributed by atoms with Crippen molar-refractivity contribution in [2.24, 2.45) is 11.8 Å². The van der Waals surface area contributed by atoms with Crippen LogP contribution in [-0.4, -0.2) is 28.0 Å². The molecule has 1 aromatic rings. The average molecular weight is 267 g/mol. The van der Waals surface area contributed by atoms with E-state index in [2.05, 4.69) is 27.6 Å². The molecule has 1 unspecified atom stereocenters. The Kier molecular flexibility index (Phi) is 5.07. The number of rotatable bonds is 6. The first kappa shape index (κ1) is 13.4. The number of hydrogen-bond donors (Lipinski definition) is 3. The Morgan fingerprint density at radius 3 is 2.94 bits per heavy atom. The van der Waals surface area contributed by atoms with E-state index in [4.69, 9.17) is 5.84 Å². The van der Waals surface area contributed by atoms with Gasteiger partial charge < -0.3 is 10.7 Å². The second-order valence-electron chi connectivity index (χ2n) is 4.56. The van der Waals surface area contributed by atoms with Crippen LogP contribution in [-0.2, 0) is 6.42 Å². The van der Waals surface area contributed by atoms with Crippen LogP contribution < -0.4 is 16.6 Å². The predicted octanol–water partition coefficient (Wildman–Crippen LogP) is 1.88. The Morgan fingerprint density at radius 2 is 2.28 bits per heavy atom. The van der Waals surface area contributed by atoms with E-state index in [1.807, 2.05) is 17.8 Å². The first-order valence-electron chi connectivity index (χ1n) is 6.48. The van der Waals surface area contributed by atoms with Gasteiger partial charge in [0.2, 0.25) is 0 Å². The van der Waals surface area contributed by atoms with Crippen LogP contribution >= 0.6 is 11.8 Å². The summed E-state index contributed by atoms with van der Waals surface area (Å²) in [6.07, 6.45) is 3.21. The number of hydrazine groups is 1. The molecule has 1 saturated heterocycles. The Morgan fingerprint density at radius 1 is 1.44 bits per heavy atom. The number of nitrogens with zero attached hydrogens (tertiary/aromatic N) is 2. The highest BCUT2D eigenvalue weighted by molar-refractivity contribution is 7.99. The van der Waals surface area contributed by atoms with Crippen LogP contribution in [0.5, 0.6) is 0 Å². The maximum absolute atomic E-state index is 5.43. The fraction of sp³-hybridized carbons (Fsp3) is 0.667. The van der Waals surface area contributed by atoms with Gasteiger partial charge in [-0.05, 0) is 30.3 Å². The molecule has 1 atom stereocenters. The van der Waals surface area contributed by atoms with Gasteiger partial charge in [0, 0.05) is 19.0 Å². The van der Waals surface area contributed by atoms with Crippen LogP contribution in [0.2, 0.25) is 0 Å². The molecule has 0 amide bonds. The Labute approximate surface area is 112 Å². The molecule has 1 aliphatic rings. The zero-order valence-corrected chi connectivity index (χ0v) is 11.6. The number of nitrogens with two attached hydrogens (primary N) is 1. The van der Waals surface area contributed by atoms with Crippen LogP contribution in [0.15, 0.2) is 6.07 Å². The van der Waals surface area contributed by atoms with Gasteiger partial charge in [-0.2, -0.15) is 11.8 Å². The lowest BCUT2D eigenvalue weighted by Crippen LogP contribution is -2.16. The van der Waals surface area contributed by atoms with Crippen LogP contribution in [0.3, 0.4) is 0 Å². The van der Waals surface area contributed by atoms with Crippen molar-refractivity contribution in [1.82, 2.24) is 9.97 Å². The van der Waals surface area contributed by atoms with E-state index < -0.39 is 0 Å². The van der Waals surface area contributed by atoms with Crippen molar-refractivity contribution >= 4 is 23.4 Å². The molecular weight excluding hydrogens is 246 g/mol. The van der Waals surface area contributed by atoms with Crippen LogP contribution in [0.4, 0.5) is 11.6 Å². The molecule has 0 bridgehead atoms. The quantitative estimate of drug-likeness (QED) is 0.540. The summed E-state index contributed by atoms with van der Waals surface area (Å²) in [7, 11) is 0. The van der Waals surface area contributed by atoms with Gasteiger partial charge in [-0.25, -0.2) is 15.8 Å². The van der Waals surface area contributed by atoms with Gasteiger partial charge in [0.15, 0.2) is 0 Å². The summed E-state index contributed by atoms with van der Waals surface area (Å²) < 4.78 is 0. The van der Waals surface area contributed by atoms with Gasteiger partial charge in [-0.15, -0.1) is 0 Å². The number of anilines is 2. The van der Waals surface area contributed by atoms with Crippen molar-refractivity contribution in [3.63, 3.8) is 0 Å². The number of thioether (sulfide) groups is 1. The summed E-state index contributed by atoms with van der Waals surface area (Å²) in [6.45, 7) is 3.11. The molecule has 0 aliphatic carbocycles. The lowest BCUT2D eigenvalue weighted by molar-refractivity contribution is 0.630. The summed E-state index contributed by atoms with van der Waals surface area (Å²) >= 11 is 2.03. The molecule has 2 heterocycles. The van der Waals surface area contributed by atoms with Gasteiger partial charge in [-0.3, -0.25) is 0 Å². The third-order valence-corrected chi connectivity index (χ3v) is 4.22. The summed E-state index contributed by atoms with van der Waals surface area (Å²) in [5.74, 6) is 11.1. The molecule has 0 saturated carbocycles. The van der Waals surface area contributed by atoms with E-state index in [1.54, 1.807) is 0 Å². The zero-order chi connectivity index (χ0) is 12.8. The van der Waals surface area contributed by atoms with E-state index in [0.29, 0.717) is 5.82 Å². The predicted molar refractivity (Wildman–Crippen MR) is 77.8 cm³/mol. The highest BCUT2D eigenvalue weighted by atomic mass is 32.2. The average Bonchev–Trinajstić information content (AvgIpc) is 2.89. The van der Waals surface area contributed by atoms with Crippen molar-refractivity contribution in [1.29, 1.82) is 0 Å².